The molecule has 0 saturated carbocycles. The third kappa shape index (κ3) is 5.11. The first-order valence-corrected chi connectivity index (χ1v) is 12.7. The summed E-state index contributed by atoms with van der Waals surface area (Å²) in [6.45, 7) is 1.16. The van der Waals surface area contributed by atoms with Gasteiger partial charge in [-0.05, 0) is 49.4 Å². The number of nitrogens with zero attached hydrogens (tertiary/aromatic N) is 3. The van der Waals surface area contributed by atoms with Gasteiger partial charge in [-0.1, -0.05) is 54.6 Å². The Morgan fingerprint density at radius 2 is 1.77 bits per heavy atom. The van der Waals surface area contributed by atoms with Gasteiger partial charge >= 0.3 is 0 Å². The Bertz CT molecular complexity index is 1060. The Labute approximate surface area is 181 Å². The molecule has 30 heavy (non-hydrogen) atoms. The molecule has 0 spiro atoms. The van der Waals surface area contributed by atoms with Crippen LogP contribution in [0.3, 0.4) is 0 Å². The number of sulfonamides is 1. The molecule has 2 aromatic carbocycles. The SMILES string of the molecule is O=S(=O)(c1cccc(-c2nnc(SCCCc3ccccc3)o2)c1)N1CCCCC1. The maximum absolute atomic E-state index is 12.9. The van der Waals surface area contributed by atoms with Crippen molar-refractivity contribution in [1.29, 1.82) is 0 Å². The number of thioether (sulfide) groups is 1. The van der Waals surface area contributed by atoms with E-state index in [4.69, 9.17) is 4.42 Å². The summed E-state index contributed by atoms with van der Waals surface area (Å²) < 4.78 is 33.2. The molecular formula is C22H25N3O3S2. The van der Waals surface area contributed by atoms with Crippen LogP contribution in [0.25, 0.3) is 11.5 Å². The van der Waals surface area contributed by atoms with E-state index in [1.54, 1.807) is 28.6 Å². The molecule has 0 N–H and O–H groups in total. The zero-order chi connectivity index (χ0) is 20.8. The standard InChI is InChI=1S/C22H25N3O3S2/c26-30(27,25-14-5-2-6-15-25)20-13-7-12-19(17-20)21-23-24-22(28-21)29-16-8-11-18-9-3-1-4-10-18/h1,3-4,7,9-10,12-13,17H,2,5-6,8,11,14-16H2. The predicted molar refractivity (Wildman–Crippen MR) is 118 cm³/mol. The van der Waals surface area contributed by atoms with Crippen LogP contribution in [-0.2, 0) is 16.4 Å². The molecule has 0 unspecified atom stereocenters. The quantitative estimate of drug-likeness (QED) is 0.373. The lowest BCUT2D eigenvalue weighted by Crippen LogP contribution is -2.35. The maximum atomic E-state index is 12.9. The number of piperidine rings is 1. The second-order valence-corrected chi connectivity index (χ2v) is 10.3. The molecule has 0 atom stereocenters. The van der Waals surface area contributed by atoms with Crippen molar-refractivity contribution in [3.8, 4) is 11.5 Å². The Hall–Kier alpha value is -2.16. The van der Waals surface area contributed by atoms with Crippen molar-refractivity contribution in [2.24, 2.45) is 0 Å². The smallest absolute Gasteiger partial charge is 0.276 e. The van der Waals surface area contributed by atoms with E-state index < -0.39 is 10.0 Å². The molecule has 8 heteroatoms. The number of aryl methyl sites for hydroxylation is 1. The minimum absolute atomic E-state index is 0.275. The van der Waals surface area contributed by atoms with E-state index in [-0.39, 0.29) is 4.90 Å². The molecule has 0 radical (unpaired) electrons. The molecule has 1 aliphatic heterocycles. The maximum Gasteiger partial charge on any atom is 0.276 e. The lowest BCUT2D eigenvalue weighted by atomic mass is 10.1. The molecule has 6 nitrogen and oxygen atoms in total. The van der Waals surface area contributed by atoms with E-state index in [0.717, 1.165) is 37.9 Å². The van der Waals surface area contributed by atoms with Crippen LogP contribution in [0.5, 0.6) is 0 Å². The van der Waals surface area contributed by atoms with Crippen LogP contribution in [0, 0.1) is 0 Å². The first-order chi connectivity index (χ1) is 14.6. The van der Waals surface area contributed by atoms with Crippen LogP contribution < -0.4 is 0 Å². The van der Waals surface area contributed by atoms with Gasteiger partial charge in [0.05, 0.1) is 4.90 Å². The fourth-order valence-corrected chi connectivity index (χ4v) is 5.77. The second-order valence-electron chi connectivity index (χ2n) is 7.30. The van der Waals surface area contributed by atoms with Crippen molar-refractivity contribution < 1.29 is 12.8 Å². The average Bonchev–Trinajstić information content (AvgIpc) is 3.27. The highest BCUT2D eigenvalue weighted by molar-refractivity contribution is 7.99. The van der Waals surface area contributed by atoms with E-state index in [0.29, 0.717) is 29.8 Å². The summed E-state index contributed by atoms with van der Waals surface area (Å²) in [6, 6.07) is 17.1. The molecule has 0 bridgehead atoms. The molecule has 1 fully saturated rings. The van der Waals surface area contributed by atoms with Crippen molar-refractivity contribution in [2.45, 2.75) is 42.2 Å². The molecule has 0 aliphatic carbocycles. The number of aromatic nitrogens is 2. The molecule has 1 aromatic heterocycles. The normalized spacial score (nSPS) is 15.3. The highest BCUT2D eigenvalue weighted by Crippen LogP contribution is 2.27. The minimum atomic E-state index is -3.49. The summed E-state index contributed by atoms with van der Waals surface area (Å²) in [6.07, 6.45) is 4.92. The van der Waals surface area contributed by atoms with Gasteiger partial charge in [0.15, 0.2) is 0 Å². The van der Waals surface area contributed by atoms with Gasteiger partial charge in [-0.15, -0.1) is 10.2 Å². The van der Waals surface area contributed by atoms with Crippen LogP contribution in [0.1, 0.15) is 31.2 Å². The number of benzene rings is 2. The molecule has 3 aromatic rings. The van der Waals surface area contributed by atoms with E-state index in [1.165, 1.54) is 17.3 Å². The number of hydrogen-bond donors (Lipinski definition) is 0. The fourth-order valence-electron chi connectivity index (χ4n) is 3.51. The average molecular weight is 444 g/mol. The summed E-state index contributed by atoms with van der Waals surface area (Å²) in [5, 5.41) is 8.72. The topological polar surface area (TPSA) is 76.3 Å². The van der Waals surface area contributed by atoms with Crippen LogP contribution >= 0.6 is 11.8 Å². The third-order valence-corrected chi connectivity index (χ3v) is 7.92. The second kappa shape index (κ2) is 9.76. The largest absolute Gasteiger partial charge is 0.411 e. The summed E-state index contributed by atoms with van der Waals surface area (Å²) in [5.41, 5.74) is 1.94. The number of hydrogen-bond acceptors (Lipinski definition) is 6. The van der Waals surface area contributed by atoms with Crippen molar-refractivity contribution in [3.63, 3.8) is 0 Å². The van der Waals surface area contributed by atoms with Gasteiger partial charge in [0.25, 0.3) is 5.22 Å². The lowest BCUT2D eigenvalue weighted by Gasteiger charge is -2.25. The first kappa shape index (κ1) is 21.1. The highest BCUT2D eigenvalue weighted by atomic mass is 32.2. The van der Waals surface area contributed by atoms with Gasteiger partial charge in [0.2, 0.25) is 15.9 Å². The summed E-state index contributed by atoms with van der Waals surface area (Å²) in [5.74, 6) is 1.22. The van der Waals surface area contributed by atoms with Crippen molar-refractivity contribution in [1.82, 2.24) is 14.5 Å². The predicted octanol–water partition coefficient (Wildman–Crippen LogP) is 4.64. The van der Waals surface area contributed by atoms with Crippen molar-refractivity contribution >= 4 is 21.8 Å². The van der Waals surface area contributed by atoms with Crippen LogP contribution in [-0.4, -0.2) is 41.8 Å². The van der Waals surface area contributed by atoms with E-state index in [9.17, 15) is 8.42 Å². The van der Waals surface area contributed by atoms with Crippen molar-refractivity contribution in [2.75, 3.05) is 18.8 Å². The minimum Gasteiger partial charge on any atom is -0.411 e. The third-order valence-electron chi connectivity index (χ3n) is 5.12. The van der Waals surface area contributed by atoms with Gasteiger partial charge in [-0.25, -0.2) is 8.42 Å². The van der Waals surface area contributed by atoms with Gasteiger partial charge in [-0.2, -0.15) is 4.31 Å². The number of rotatable bonds is 8. The van der Waals surface area contributed by atoms with E-state index in [1.807, 2.05) is 18.2 Å². The molecule has 158 valence electrons. The fraction of sp³-hybridized carbons (Fsp3) is 0.364. The molecule has 0 amide bonds. The molecule has 1 aliphatic rings. The lowest BCUT2D eigenvalue weighted by molar-refractivity contribution is 0.346. The van der Waals surface area contributed by atoms with Gasteiger partial charge in [0.1, 0.15) is 0 Å². The molecule has 1 saturated heterocycles. The first-order valence-electron chi connectivity index (χ1n) is 10.2. The Balaban J connectivity index is 1.39. The van der Waals surface area contributed by atoms with Crippen molar-refractivity contribution in [3.05, 3.63) is 60.2 Å². The van der Waals surface area contributed by atoms with Crippen LogP contribution in [0.2, 0.25) is 0 Å². The molecule has 2 heterocycles. The van der Waals surface area contributed by atoms with E-state index >= 15 is 0 Å². The van der Waals surface area contributed by atoms with E-state index in [2.05, 4.69) is 22.3 Å². The monoisotopic (exact) mass is 443 g/mol. The van der Waals surface area contributed by atoms with Gasteiger partial charge in [-0.3, -0.25) is 0 Å². The summed E-state index contributed by atoms with van der Waals surface area (Å²) in [7, 11) is -3.49. The Morgan fingerprint density at radius 3 is 2.57 bits per heavy atom. The Morgan fingerprint density at radius 1 is 0.967 bits per heavy atom. The van der Waals surface area contributed by atoms with Gasteiger partial charge < -0.3 is 4.42 Å². The highest BCUT2D eigenvalue weighted by Gasteiger charge is 2.26. The molecular weight excluding hydrogens is 418 g/mol. The zero-order valence-electron chi connectivity index (χ0n) is 16.7. The van der Waals surface area contributed by atoms with Gasteiger partial charge in [0, 0.05) is 24.4 Å². The Kier molecular flexibility index (Phi) is 6.86. The zero-order valence-corrected chi connectivity index (χ0v) is 18.4. The summed E-state index contributed by atoms with van der Waals surface area (Å²) in [4.78, 5) is 0.275. The van der Waals surface area contributed by atoms with Crippen LogP contribution in [0.4, 0.5) is 0 Å². The molecule has 4 rings (SSSR count). The van der Waals surface area contributed by atoms with Crippen LogP contribution in [0.15, 0.2) is 69.1 Å². The summed E-state index contributed by atoms with van der Waals surface area (Å²) >= 11 is 1.52.